The molecular weight excluding hydrogens is 319 g/mol. The fourth-order valence-corrected chi connectivity index (χ4v) is 3.57. The summed E-state index contributed by atoms with van der Waals surface area (Å²) < 4.78 is 12.7. The van der Waals surface area contributed by atoms with Crippen LogP contribution in [0.4, 0.5) is 14.9 Å². The molecule has 0 spiro atoms. The average Bonchev–Trinajstić information content (AvgIpc) is 3.03. The van der Waals surface area contributed by atoms with Gasteiger partial charge < -0.3 is 15.3 Å². The first-order valence-electron chi connectivity index (χ1n) is 7.39. The molecule has 0 aromatic carbocycles. The van der Waals surface area contributed by atoms with Crippen molar-refractivity contribution in [3.63, 3.8) is 0 Å². The Bertz CT molecular complexity index is 668. The van der Waals surface area contributed by atoms with Crippen molar-refractivity contribution in [1.29, 1.82) is 0 Å². The van der Waals surface area contributed by atoms with E-state index in [-0.39, 0.29) is 0 Å². The van der Waals surface area contributed by atoms with Gasteiger partial charge >= 0.3 is 6.09 Å². The summed E-state index contributed by atoms with van der Waals surface area (Å²) in [6.07, 6.45) is 2.23. The highest BCUT2D eigenvalue weighted by Crippen LogP contribution is 2.30. The lowest BCUT2D eigenvalue weighted by Crippen LogP contribution is -2.36. The van der Waals surface area contributed by atoms with Gasteiger partial charge in [-0.3, -0.25) is 0 Å². The van der Waals surface area contributed by atoms with Gasteiger partial charge in [0.15, 0.2) is 0 Å². The van der Waals surface area contributed by atoms with Crippen LogP contribution in [0.1, 0.15) is 29.5 Å². The third-order valence-corrected chi connectivity index (χ3v) is 4.94. The highest BCUT2D eigenvalue weighted by atomic mass is 32.1. The zero-order valence-electron chi connectivity index (χ0n) is 12.4. The number of halogens is 1. The van der Waals surface area contributed by atoms with Gasteiger partial charge in [0.25, 0.3) is 0 Å². The van der Waals surface area contributed by atoms with Crippen LogP contribution in [0.5, 0.6) is 0 Å². The normalized spacial score (nSPS) is 15.6. The van der Waals surface area contributed by atoms with E-state index in [4.69, 9.17) is 5.11 Å². The topological polar surface area (TPSA) is 78.3 Å². The predicted octanol–water partition coefficient (Wildman–Crippen LogP) is 3.15. The zero-order chi connectivity index (χ0) is 16.2. The van der Waals surface area contributed by atoms with Crippen molar-refractivity contribution in [1.82, 2.24) is 14.9 Å². The molecule has 3 rings (SSSR count). The fraction of sp³-hybridized carbons (Fsp3) is 0.400. The maximum atomic E-state index is 12.7. The molecule has 1 fully saturated rings. The molecule has 1 aliphatic heterocycles. The Morgan fingerprint density at radius 3 is 2.87 bits per heavy atom. The number of hydrogen-bond donors (Lipinski definition) is 2. The number of rotatable bonds is 4. The van der Waals surface area contributed by atoms with Crippen LogP contribution in [0.2, 0.25) is 0 Å². The minimum Gasteiger partial charge on any atom is -0.465 e. The van der Waals surface area contributed by atoms with Gasteiger partial charge in [0.2, 0.25) is 5.95 Å². The highest BCUT2D eigenvalue weighted by molar-refractivity contribution is 7.09. The standard InChI is InChI=1S/C15H17FN4O2S/c16-13-2-1-11(7-18-13)17-8-12-9-23-14(19-12)10-3-5-20(6-4-10)15(21)22/h1-2,7,9-10,17H,3-6,8H2,(H,21,22). The fourth-order valence-electron chi connectivity index (χ4n) is 2.58. The van der Waals surface area contributed by atoms with Crippen LogP contribution < -0.4 is 5.32 Å². The summed E-state index contributed by atoms with van der Waals surface area (Å²) in [5, 5.41) is 15.2. The monoisotopic (exact) mass is 336 g/mol. The lowest BCUT2D eigenvalue weighted by atomic mass is 9.98. The summed E-state index contributed by atoms with van der Waals surface area (Å²) >= 11 is 1.61. The van der Waals surface area contributed by atoms with Gasteiger partial charge in [0, 0.05) is 24.4 Å². The van der Waals surface area contributed by atoms with Crippen molar-refractivity contribution in [2.75, 3.05) is 18.4 Å². The first-order valence-corrected chi connectivity index (χ1v) is 8.27. The molecule has 2 N–H and O–H groups in total. The Balaban J connectivity index is 1.54. The number of hydrogen-bond acceptors (Lipinski definition) is 5. The molecule has 6 nitrogen and oxygen atoms in total. The minimum absolute atomic E-state index is 0.330. The van der Waals surface area contributed by atoms with Crippen LogP contribution in [-0.2, 0) is 6.54 Å². The molecule has 0 saturated carbocycles. The highest BCUT2D eigenvalue weighted by Gasteiger charge is 2.25. The zero-order valence-corrected chi connectivity index (χ0v) is 13.2. The summed E-state index contributed by atoms with van der Waals surface area (Å²) in [5.41, 5.74) is 1.67. The molecule has 8 heteroatoms. The lowest BCUT2D eigenvalue weighted by molar-refractivity contribution is 0.132. The van der Waals surface area contributed by atoms with Gasteiger partial charge in [0.05, 0.1) is 29.1 Å². The molecule has 2 aromatic heterocycles. The summed E-state index contributed by atoms with van der Waals surface area (Å²) in [6.45, 7) is 1.68. The lowest BCUT2D eigenvalue weighted by Gasteiger charge is -2.28. The predicted molar refractivity (Wildman–Crippen MR) is 85.2 cm³/mol. The second kappa shape index (κ2) is 6.91. The molecule has 1 amide bonds. The molecule has 0 atom stereocenters. The number of likely N-dealkylation sites (tertiary alicyclic amines) is 1. The van der Waals surface area contributed by atoms with Crippen LogP contribution in [-0.4, -0.2) is 39.2 Å². The number of nitrogens with zero attached hydrogens (tertiary/aromatic N) is 3. The molecule has 0 radical (unpaired) electrons. The summed E-state index contributed by atoms with van der Waals surface area (Å²) in [6, 6.07) is 2.95. The second-order valence-electron chi connectivity index (χ2n) is 5.44. The van der Waals surface area contributed by atoms with Gasteiger partial charge in [-0.1, -0.05) is 0 Å². The maximum absolute atomic E-state index is 12.7. The smallest absolute Gasteiger partial charge is 0.407 e. The van der Waals surface area contributed by atoms with Gasteiger partial charge in [-0.25, -0.2) is 14.8 Å². The van der Waals surface area contributed by atoms with E-state index in [0.717, 1.165) is 29.2 Å². The van der Waals surface area contributed by atoms with Gasteiger partial charge in [-0.05, 0) is 25.0 Å². The molecule has 1 saturated heterocycles. The third-order valence-electron chi connectivity index (χ3n) is 3.89. The van der Waals surface area contributed by atoms with Gasteiger partial charge in [-0.15, -0.1) is 11.3 Å². The van der Waals surface area contributed by atoms with Crippen molar-refractivity contribution >= 4 is 23.1 Å². The summed E-state index contributed by atoms with van der Waals surface area (Å²) in [7, 11) is 0. The van der Waals surface area contributed by atoms with Crippen molar-refractivity contribution in [2.24, 2.45) is 0 Å². The number of carboxylic acid groups (broad SMARTS) is 1. The summed E-state index contributed by atoms with van der Waals surface area (Å²) in [4.78, 5) is 20.6. The number of amides is 1. The SMILES string of the molecule is O=C(O)N1CCC(c2nc(CNc3ccc(F)nc3)cs2)CC1. The molecular formula is C15H17FN4O2S. The first kappa shape index (κ1) is 15.7. The van der Waals surface area contributed by atoms with E-state index in [2.05, 4.69) is 15.3 Å². The Hall–Kier alpha value is -2.22. The molecule has 0 aliphatic carbocycles. The molecule has 1 aliphatic rings. The molecule has 0 bridgehead atoms. The van der Waals surface area contributed by atoms with Crippen LogP contribution in [0.15, 0.2) is 23.7 Å². The molecule has 2 aromatic rings. The molecule has 0 unspecified atom stereocenters. The Labute approximate surface area is 137 Å². The van der Waals surface area contributed by atoms with Crippen molar-refractivity contribution in [2.45, 2.75) is 25.3 Å². The number of piperidine rings is 1. The Morgan fingerprint density at radius 1 is 1.43 bits per heavy atom. The van der Waals surface area contributed by atoms with Crippen molar-refractivity contribution in [3.8, 4) is 0 Å². The van der Waals surface area contributed by atoms with Crippen molar-refractivity contribution in [3.05, 3.63) is 40.4 Å². The number of thiazole rings is 1. The number of anilines is 1. The number of pyridine rings is 1. The molecule has 23 heavy (non-hydrogen) atoms. The van der Waals surface area contributed by atoms with Gasteiger partial charge in [0.1, 0.15) is 0 Å². The van der Waals surface area contributed by atoms with Crippen LogP contribution in [0, 0.1) is 5.95 Å². The van der Waals surface area contributed by atoms with Crippen LogP contribution in [0.25, 0.3) is 0 Å². The quantitative estimate of drug-likeness (QED) is 0.839. The van der Waals surface area contributed by atoms with E-state index in [1.807, 2.05) is 5.38 Å². The Kier molecular flexibility index (Phi) is 4.71. The van der Waals surface area contributed by atoms with Gasteiger partial charge in [-0.2, -0.15) is 4.39 Å². The maximum Gasteiger partial charge on any atom is 0.407 e. The van der Waals surface area contributed by atoms with E-state index in [0.29, 0.717) is 25.6 Å². The number of nitrogens with one attached hydrogen (secondary N) is 1. The van der Waals surface area contributed by atoms with Crippen LogP contribution in [0.3, 0.4) is 0 Å². The number of carbonyl (C=O) groups is 1. The van der Waals surface area contributed by atoms with E-state index in [1.165, 1.54) is 17.2 Å². The largest absolute Gasteiger partial charge is 0.465 e. The third kappa shape index (κ3) is 3.95. The van der Waals surface area contributed by atoms with Crippen LogP contribution >= 0.6 is 11.3 Å². The summed E-state index contributed by atoms with van der Waals surface area (Å²) in [5.74, 6) is -0.170. The van der Waals surface area contributed by atoms with E-state index in [1.54, 1.807) is 17.4 Å². The van der Waals surface area contributed by atoms with E-state index < -0.39 is 12.0 Å². The second-order valence-corrected chi connectivity index (χ2v) is 6.33. The Morgan fingerprint density at radius 2 is 2.22 bits per heavy atom. The average molecular weight is 336 g/mol. The first-order chi connectivity index (χ1) is 11.1. The van der Waals surface area contributed by atoms with Crippen molar-refractivity contribution < 1.29 is 14.3 Å². The molecule has 3 heterocycles. The molecule has 122 valence electrons. The van der Waals surface area contributed by atoms with E-state index >= 15 is 0 Å². The minimum atomic E-state index is -0.847. The van der Waals surface area contributed by atoms with E-state index in [9.17, 15) is 9.18 Å². The number of aromatic nitrogens is 2.